The van der Waals surface area contributed by atoms with Crippen LogP contribution in [0.15, 0.2) is 23.8 Å². The summed E-state index contributed by atoms with van der Waals surface area (Å²) in [5.74, 6) is 0.971. The maximum atomic E-state index is 4.43. The molecule has 4 nitrogen and oxygen atoms in total. The van der Waals surface area contributed by atoms with Crippen LogP contribution in [0.1, 0.15) is 22.2 Å². The number of rotatable bonds is 5. The normalized spacial score (nSPS) is 15.0. The fraction of sp³-hybridized carbons (Fsp3) is 0.412. The molecular formula is C17H20N4S2. The van der Waals surface area contributed by atoms with Crippen molar-refractivity contribution in [1.82, 2.24) is 14.9 Å². The molecule has 23 heavy (non-hydrogen) atoms. The third-order valence-electron chi connectivity index (χ3n) is 4.34. The van der Waals surface area contributed by atoms with Crippen molar-refractivity contribution in [3.05, 3.63) is 39.2 Å². The van der Waals surface area contributed by atoms with Gasteiger partial charge in [-0.15, -0.1) is 22.7 Å². The van der Waals surface area contributed by atoms with Crippen molar-refractivity contribution >= 4 is 38.7 Å². The highest BCUT2D eigenvalue weighted by Gasteiger charge is 2.16. The number of fused-ring (bicyclic) bond motifs is 2. The van der Waals surface area contributed by atoms with Gasteiger partial charge in [0.15, 0.2) is 0 Å². The highest BCUT2D eigenvalue weighted by molar-refractivity contribution is 7.18. The fourth-order valence-electron chi connectivity index (χ4n) is 3.05. The summed E-state index contributed by atoms with van der Waals surface area (Å²) in [6, 6.07) is 4.49. The minimum Gasteiger partial charge on any atom is -0.368 e. The van der Waals surface area contributed by atoms with Crippen molar-refractivity contribution < 1.29 is 0 Å². The van der Waals surface area contributed by atoms with Gasteiger partial charge in [-0.1, -0.05) is 6.92 Å². The average Bonchev–Trinajstić information content (AvgIpc) is 3.20. The molecule has 0 saturated carbocycles. The molecule has 3 aromatic heterocycles. The Balaban J connectivity index is 1.39. The molecule has 0 unspecified atom stereocenters. The Bertz CT molecular complexity index is 808. The summed E-state index contributed by atoms with van der Waals surface area (Å²) in [6.07, 6.45) is 3.91. The number of aromatic nitrogens is 2. The molecule has 0 amide bonds. The summed E-state index contributed by atoms with van der Waals surface area (Å²) in [5.41, 5.74) is 1.51. The largest absolute Gasteiger partial charge is 0.368 e. The zero-order valence-electron chi connectivity index (χ0n) is 13.2. The summed E-state index contributed by atoms with van der Waals surface area (Å²) in [4.78, 5) is 15.4. The standard InChI is InChI=1S/C17H20N4S2/c1-2-13-9-14-16(19-11-20-17(14)23-13)18-5-7-21-6-3-15-12(10-21)4-8-22-15/h4,8-9,11H,2-3,5-7,10H2,1H3,(H,18,19,20). The van der Waals surface area contributed by atoms with Gasteiger partial charge in [0, 0.05) is 35.9 Å². The van der Waals surface area contributed by atoms with Crippen LogP contribution >= 0.6 is 22.7 Å². The van der Waals surface area contributed by atoms with Crippen molar-refractivity contribution in [2.24, 2.45) is 0 Å². The summed E-state index contributed by atoms with van der Waals surface area (Å²) in [7, 11) is 0. The first-order chi connectivity index (χ1) is 11.3. The van der Waals surface area contributed by atoms with Crippen LogP contribution in [0.5, 0.6) is 0 Å². The van der Waals surface area contributed by atoms with Gasteiger partial charge in [-0.3, -0.25) is 4.90 Å². The minimum absolute atomic E-state index is 0.920. The van der Waals surface area contributed by atoms with E-state index < -0.39 is 0 Å². The maximum absolute atomic E-state index is 4.43. The van der Waals surface area contributed by atoms with E-state index in [9.17, 15) is 0 Å². The molecule has 0 bridgehead atoms. The molecule has 3 aromatic rings. The predicted molar refractivity (Wildman–Crippen MR) is 98.6 cm³/mol. The van der Waals surface area contributed by atoms with Crippen LogP contribution in [0.2, 0.25) is 0 Å². The average molecular weight is 345 g/mol. The van der Waals surface area contributed by atoms with E-state index in [2.05, 4.69) is 44.6 Å². The third kappa shape index (κ3) is 3.11. The fourth-order valence-corrected chi connectivity index (χ4v) is 4.88. The van der Waals surface area contributed by atoms with Gasteiger partial charge in [-0.2, -0.15) is 0 Å². The van der Waals surface area contributed by atoms with Gasteiger partial charge in [0.2, 0.25) is 0 Å². The predicted octanol–water partition coefficient (Wildman–Crippen LogP) is 3.79. The Morgan fingerprint density at radius 1 is 1.35 bits per heavy atom. The number of nitrogens with zero attached hydrogens (tertiary/aromatic N) is 3. The van der Waals surface area contributed by atoms with Gasteiger partial charge in [0.25, 0.3) is 0 Å². The highest BCUT2D eigenvalue weighted by Crippen LogP contribution is 2.28. The van der Waals surface area contributed by atoms with Gasteiger partial charge in [0.05, 0.1) is 5.39 Å². The molecule has 120 valence electrons. The van der Waals surface area contributed by atoms with Gasteiger partial charge < -0.3 is 5.32 Å². The molecule has 0 aromatic carbocycles. The van der Waals surface area contributed by atoms with Gasteiger partial charge >= 0.3 is 0 Å². The lowest BCUT2D eigenvalue weighted by molar-refractivity contribution is 0.266. The van der Waals surface area contributed by atoms with Gasteiger partial charge in [-0.25, -0.2) is 9.97 Å². The number of hydrogen-bond donors (Lipinski definition) is 1. The zero-order valence-corrected chi connectivity index (χ0v) is 14.8. The lowest BCUT2D eigenvalue weighted by Gasteiger charge is -2.26. The van der Waals surface area contributed by atoms with E-state index in [4.69, 9.17) is 0 Å². The molecule has 1 aliphatic rings. The first-order valence-electron chi connectivity index (χ1n) is 8.08. The highest BCUT2D eigenvalue weighted by atomic mass is 32.1. The topological polar surface area (TPSA) is 41.0 Å². The summed E-state index contributed by atoms with van der Waals surface area (Å²) >= 11 is 3.66. The number of hydrogen-bond acceptors (Lipinski definition) is 6. The SMILES string of the molecule is CCc1cc2c(NCCN3CCc4sccc4C3)ncnc2s1. The van der Waals surface area contributed by atoms with E-state index in [1.807, 2.05) is 11.3 Å². The van der Waals surface area contributed by atoms with Crippen LogP contribution in [-0.2, 0) is 19.4 Å². The molecule has 0 radical (unpaired) electrons. The lowest BCUT2D eigenvalue weighted by atomic mass is 10.1. The van der Waals surface area contributed by atoms with Gasteiger partial charge in [-0.05, 0) is 35.9 Å². The second kappa shape index (κ2) is 6.55. The quantitative estimate of drug-likeness (QED) is 0.765. The summed E-state index contributed by atoms with van der Waals surface area (Å²) in [5, 5.41) is 6.88. The molecule has 0 aliphatic carbocycles. The van der Waals surface area contributed by atoms with E-state index in [0.717, 1.165) is 48.6 Å². The van der Waals surface area contributed by atoms with Crippen molar-refractivity contribution in [3.8, 4) is 0 Å². The first-order valence-corrected chi connectivity index (χ1v) is 9.78. The van der Waals surface area contributed by atoms with Crippen LogP contribution in [0, 0.1) is 0 Å². The molecule has 4 rings (SSSR count). The number of aryl methyl sites for hydroxylation is 1. The van der Waals surface area contributed by atoms with Crippen LogP contribution in [-0.4, -0.2) is 34.5 Å². The van der Waals surface area contributed by atoms with E-state index in [1.165, 1.54) is 16.9 Å². The smallest absolute Gasteiger partial charge is 0.138 e. The number of thiophene rings is 2. The van der Waals surface area contributed by atoms with Crippen LogP contribution < -0.4 is 5.32 Å². The Morgan fingerprint density at radius 3 is 3.22 bits per heavy atom. The molecule has 0 spiro atoms. The Hall–Kier alpha value is -1.50. The number of anilines is 1. The van der Waals surface area contributed by atoms with Crippen molar-refractivity contribution in [2.45, 2.75) is 26.3 Å². The summed E-state index contributed by atoms with van der Waals surface area (Å²) in [6.45, 7) is 6.39. The molecular weight excluding hydrogens is 324 g/mol. The molecule has 6 heteroatoms. The minimum atomic E-state index is 0.920. The Kier molecular flexibility index (Phi) is 4.29. The maximum Gasteiger partial charge on any atom is 0.138 e. The van der Waals surface area contributed by atoms with Gasteiger partial charge in [0.1, 0.15) is 17.0 Å². The number of nitrogens with one attached hydrogen (secondary N) is 1. The van der Waals surface area contributed by atoms with E-state index in [-0.39, 0.29) is 0 Å². The Labute approximate surface area is 144 Å². The molecule has 0 saturated heterocycles. The summed E-state index contributed by atoms with van der Waals surface area (Å²) < 4.78 is 0. The van der Waals surface area contributed by atoms with E-state index in [0.29, 0.717) is 0 Å². The molecule has 1 N–H and O–H groups in total. The van der Waals surface area contributed by atoms with E-state index in [1.54, 1.807) is 22.5 Å². The van der Waals surface area contributed by atoms with Crippen LogP contribution in [0.4, 0.5) is 5.82 Å². The zero-order chi connectivity index (χ0) is 15.6. The third-order valence-corrected chi connectivity index (χ3v) is 6.55. The van der Waals surface area contributed by atoms with E-state index >= 15 is 0 Å². The lowest BCUT2D eigenvalue weighted by Crippen LogP contribution is -2.33. The molecule has 1 aliphatic heterocycles. The molecule has 0 fully saturated rings. The van der Waals surface area contributed by atoms with Crippen molar-refractivity contribution in [1.29, 1.82) is 0 Å². The van der Waals surface area contributed by atoms with Crippen LogP contribution in [0.25, 0.3) is 10.2 Å². The second-order valence-corrected chi connectivity index (χ2v) is 7.95. The van der Waals surface area contributed by atoms with Crippen LogP contribution in [0.3, 0.4) is 0 Å². The first kappa shape index (κ1) is 15.1. The second-order valence-electron chi connectivity index (χ2n) is 5.83. The molecule has 4 heterocycles. The molecule has 0 atom stereocenters. The monoisotopic (exact) mass is 344 g/mol. The van der Waals surface area contributed by atoms with Crippen molar-refractivity contribution in [2.75, 3.05) is 25.0 Å². The Morgan fingerprint density at radius 2 is 2.30 bits per heavy atom. The van der Waals surface area contributed by atoms with Crippen molar-refractivity contribution in [3.63, 3.8) is 0 Å².